The van der Waals surface area contributed by atoms with E-state index in [0.717, 1.165) is 13.0 Å². The molecule has 10 heteroatoms. The summed E-state index contributed by atoms with van der Waals surface area (Å²) in [7, 11) is -3.86. The third-order valence-corrected chi connectivity index (χ3v) is 5.69. The lowest BCUT2D eigenvalue weighted by Gasteiger charge is -2.22. The van der Waals surface area contributed by atoms with Crippen molar-refractivity contribution in [1.29, 1.82) is 0 Å². The highest BCUT2D eigenvalue weighted by Gasteiger charge is 2.31. The second-order valence-electron chi connectivity index (χ2n) is 5.29. The first-order valence-corrected chi connectivity index (χ1v) is 8.95. The summed E-state index contributed by atoms with van der Waals surface area (Å²) < 4.78 is 31.5. The van der Waals surface area contributed by atoms with E-state index in [2.05, 4.69) is 19.8 Å². The van der Waals surface area contributed by atoms with Crippen LogP contribution < -0.4 is 4.72 Å². The largest absolute Gasteiger partial charge is 0.288 e. The Morgan fingerprint density at radius 2 is 2.22 bits per heavy atom. The quantitative estimate of drug-likeness (QED) is 0.768. The third kappa shape index (κ3) is 2.41. The van der Waals surface area contributed by atoms with Crippen LogP contribution in [0, 0.1) is 0 Å². The molecule has 3 aromatic rings. The van der Waals surface area contributed by atoms with Crippen LogP contribution in [0.4, 0.5) is 0 Å². The maximum absolute atomic E-state index is 12.8. The molecule has 1 atom stereocenters. The molecule has 1 N–H and O–H groups in total. The Hall–Kier alpha value is -1.97. The van der Waals surface area contributed by atoms with Crippen LogP contribution in [0.1, 0.15) is 24.7 Å². The summed E-state index contributed by atoms with van der Waals surface area (Å²) in [5, 5.41) is 3.98. The molecule has 0 unspecified atom stereocenters. The van der Waals surface area contributed by atoms with E-state index in [1.165, 1.54) is 10.7 Å². The van der Waals surface area contributed by atoms with Crippen molar-refractivity contribution in [2.24, 2.45) is 0 Å². The lowest BCUT2D eigenvalue weighted by molar-refractivity contribution is 0.399. The first kappa shape index (κ1) is 14.6. The van der Waals surface area contributed by atoms with Gasteiger partial charge in [-0.3, -0.25) is 4.40 Å². The predicted molar refractivity (Wildman–Crippen MR) is 82.5 cm³/mol. The summed E-state index contributed by atoms with van der Waals surface area (Å²) >= 11 is 6.06. The van der Waals surface area contributed by atoms with Crippen molar-refractivity contribution in [3.63, 3.8) is 0 Å². The van der Waals surface area contributed by atoms with E-state index in [0.29, 0.717) is 17.9 Å². The molecule has 0 spiro atoms. The van der Waals surface area contributed by atoms with Crippen molar-refractivity contribution in [3.8, 4) is 0 Å². The zero-order chi connectivity index (χ0) is 16.0. The minimum Gasteiger partial charge on any atom is -0.288 e. The van der Waals surface area contributed by atoms with Gasteiger partial charge in [-0.05, 0) is 25.0 Å². The number of nitrogens with one attached hydrogen (secondary N) is 1. The summed E-state index contributed by atoms with van der Waals surface area (Å²) in [5.74, 6) is 0.616. The van der Waals surface area contributed by atoms with Gasteiger partial charge in [-0.25, -0.2) is 23.1 Å². The molecule has 0 radical (unpaired) electrons. The number of aromatic nitrogens is 5. The molecule has 4 rings (SSSR count). The number of hydrogen-bond donors (Lipinski definition) is 1. The van der Waals surface area contributed by atoms with Gasteiger partial charge >= 0.3 is 0 Å². The molecule has 0 saturated heterocycles. The van der Waals surface area contributed by atoms with Crippen LogP contribution in [0.25, 0.3) is 5.65 Å². The molecule has 0 aliphatic carbocycles. The highest BCUT2D eigenvalue weighted by molar-refractivity contribution is 7.89. The van der Waals surface area contributed by atoms with Crippen LogP contribution in [0.5, 0.6) is 0 Å². The van der Waals surface area contributed by atoms with E-state index in [-0.39, 0.29) is 10.2 Å². The number of fused-ring (bicyclic) bond motifs is 2. The van der Waals surface area contributed by atoms with Gasteiger partial charge < -0.3 is 0 Å². The molecule has 120 valence electrons. The fraction of sp³-hybridized carbons (Fsp3) is 0.308. The number of pyridine rings is 1. The van der Waals surface area contributed by atoms with E-state index in [4.69, 9.17) is 11.6 Å². The lowest BCUT2D eigenvalue weighted by Crippen LogP contribution is -2.34. The van der Waals surface area contributed by atoms with Gasteiger partial charge in [0, 0.05) is 12.7 Å². The van der Waals surface area contributed by atoms with Crippen LogP contribution in [-0.2, 0) is 16.6 Å². The molecule has 0 saturated carbocycles. The average Bonchev–Trinajstić information content (AvgIpc) is 3.10. The topological polar surface area (TPSA) is 94.2 Å². The normalized spacial score (nSPS) is 18.2. The van der Waals surface area contributed by atoms with Gasteiger partial charge in [-0.2, -0.15) is 9.82 Å². The van der Waals surface area contributed by atoms with Gasteiger partial charge in [-0.15, -0.1) is 0 Å². The minimum atomic E-state index is -3.86. The second kappa shape index (κ2) is 5.29. The van der Waals surface area contributed by atoms with Crippen LogP contribution in [0.2, 0.25) is 5.15 Å². The Kier molecular flexibility index (Phi) is 3.36. The fourth-order valence-electron chi connectivity index (χ4n) is 2.83. The Labute approximate surface area is 137 Å². The monoisotopic (exact) mass is 352 g/mol. The summed E-state index contributed by atoms with van der Waals surface area (Å²) in [6.07, 6.45) is 4.53. The number of nitrogens with zero attached hydrogens (tertiary/aromatic N) is 5. The molecular formula is C13H13ClN6O2S. The molecule has 0 bridgehead atoms. The highest BCUT2D eigenvalue weighted by atomic mass is 35.5. The number of rotatable bonds is 3. The molecule has 4 heterocycles. The molecule has 1 aliphatic rings. The van der Waals surface area contributed by atoms with E-state index < -0.39 is 16.1 Å². The van der Waals surface area contributed by atoms with E-state index in [1.54, 1.807) is 29.1 Å². The maximum Gasteiger partial charge on any atom is 0.260 e. The van der Waals surface area contributed by atoms with Gasteiger partial charge in [0.15, 0.2) is 10.2 Å². The summed E-state index contributed by atoms with van der Waals surface area (Å²) in [6.45, 7) is 0.740. The predicted octanol–water partition coefficient (Wildman–Crippen LogP) is 1.39. The highest BCUT2D eigenvalue weighted by Crippen LogP contribution is 2.27. The second-order valence-corrected chi connectivity index (χ2v) is 7.28. The Morgan fingerprint density at radius 1 is 1.35 bits per heavy atom. The zero-order valence-corrected chi connectivity index (χ0v) is 13.5. The van der Waals surface area contributed by atoms with E-state index in [1.807, 2.05) is 0 Å². The van der Waals surface area contributed by atoms with Crippen LogP contribution in [0.3, 0.4) is 0 Å². The molecule has 0 aromatic carbocycles. The SMILES string of the molecule is O=S(=O)(N[C@H]1CCCn2ncnc21)c1c(Cl)nc2ccccn12. The first-order chi connectivity index (χ1) is 11.1. The maximum atomic E-state index is 12.8. The van der Waals surface area contributed by atoms with E-state index >= 15 is 0 Å². The van der Waals surface area contributed by atoms with Crippen molar-refractivity contribution in [1.82, 2.24) is 28.9 Å². The van der Waals surface area contributed by atoms with Gasteiger partial charge in [0.2, 0.25) is 0 Å². The Bertz CT molecular complexity index is 979. The van der Waals surface area contributed by atoms with Crippen LogP contribution >= 0.6 is 11.6 Å². The number of imidazole rings is 1. The van der Waals surface area contributed by atoms with Gasteiger partial charge in [0.1, 0.15) is 17.8 Å². The van der Waals surface area contributed by atoms with Crippen molar-refractivity contribution in [2.45, 2.75) is 30.5 Å². The van der Waals surface area contributed by atoms with Crippen LogP contribution in [0.15, 0.2) is 35.7 Å². The van der Waals surface area contributed by atoms with Crippen molar-refractivity contribution < 1.29 is 8.42 Å². The summed E-state index contributed by atoms with van der Waals surface area (Å²) in [5.41, 5.74) is 0.477. The minimum absolute atomic E-state index is 0.0547. The third-order valence-electron chi connectivity index (χ3n) is 3.82. The number of hydrogen-bond acceptors (Lipinski definition) is 5. The van der Waals surface area contributed by atoms with Gasteiger partial charge in [0.05, 0.1) is 6.04 Å². The molecule has 23 heavy (non-hydrogen) atoms. The smallest absolute Gasteiger partial charge is 0.260 e. The first-order valence-electron chi connectivity index (χ1n) is 7.09. The Balaban J connectivity index is 1.76. The standard InChI is InChI=1S/C13H13ClN6O2S/c14-11-13(19-6-2-1-5-10(19)17-11)23(21,22)18-9-4-3-7-20-12(9)15-8-16-20/h1-2,5-6,8-9,18H,3-4,7H2/t9-/m0/s1. The van der Waals surface area contributed by atoms with Crippen molar-refractivity contribution >= 4 is 27.3 Å². The van der Waals surface area contributed by atoms with Gasteiger partial charge in [-0.1, -0.05) is 17.7 Å². The molecule has 3 aromatic heterocycles. The molecule has 1 aliphatic heterocycles. The zero-order valence-electron chi connectivity index (χ0n) is 11.9. The Morgan fingerprint density at radius 3 is 3.09 bits per heavy atom. The fourth-order valence-corrected chi connectivity index (χ4v) is 4.70. The molecular weight excluding hydrogens is 340 g/mol. The van der Waals surface area contributed by atoms with Crippen molar-refractivity contribution in [3.05, 3.63) is 41.7 Å². The van der Waals surface area contributed by atoms with E-state index in [9.17, 15) is 8.42 Å². The number of halogens is 1. The summed E-state index contributed by atoms with van der Waals surface area (Å²) in [6, 6.07) is 4.76. The average molecular weight is 353 g/mol. The molecule has 0 fully saturated rings. The van der Waals surface area contributed by atoms with Crippen LogP contribution in [-0.4, -0.2) is 32.6 Å². The molecule has 8 nitrogen and oxygen atoms in total. The van der Waals surface area contributed by atoms with Crippen molar-refractivity contribution in [2.75, 3.05) is 0 Å². The molecule has 0 amide bonds. The number of aryl methyl sites for hydroxylation is 1. The van der Waals surface area contributed by atoms with Gasteiger partial charge in [0.25, 0.3) is 10.0 Å². The lowest BCUT2D eigenvalue weighted by atomic mass is 10.1. The number of sulfonamides is 1. The summed E-state index contributed by atoms with van der Waals surface area (Å²) in [4.78, 5) is 8.24.